The first-order chi connectivity index (χ1) is 7.24. The molecule has 88 valence electrons. The summed E-state index contributed by atoms with van der Waals surface area (Å²) in [6, 6.07) is 0.0445. The van der Waals surface area contributed by atoms with Crippen LogP contribution in [0.25, 0.3) is 0 Å². The predicted octanol–water partition coefficient (Wildman–Crippen LogP) is 1.24. The van der Waals surface area contributed by atoms with Gasteiger partial charge in [0.25, 0.3) is 0 Å². The Morgan fingerprint density at radius 1 is 1.60 bits per heavy atom. The van der Waals surface area contributed by atoms with E-state index < -0.39 is 0 Å². The molecule has 0 aromatic heterocycles. The Hall–Kier alpha value is -0.220. The Bertz CT molecular complexity index is 199. The van der Waals surface area contributed by atoms with Gasteiger partial charge in [0.05, 0.1) is 6.04 Å². The van der Waals surface area contributed by atoms with E-state index in [0.717, 1.165) is 31.7 Å². The van der Waals surface area contributed by atoms with Crippen molar-refractivity contribution in [3.8, 4) is 0 Å². The fraction of sp³-hybridized carbons (Fsp3) is 0.909. The number of amides is 1. The number of rotatable bonds is 5. The molecule has 0 bridgehead atoms. The first kappa shape index (κ1) is 12.8. The predicted molar refractivity (Wildman–Crippen MR) is 66.2 cm³/mol. The van der Waals surface area contributed by atoms with E-state index in [1.807, 2.05) is 11.8 Å². The van der Waals surface area contributed by atoms with Gasteiger partial charge in [0.1, 0.15) is 0 Å². The maximum atomic E-state index is 11.7. The smallest absolute Gasteiger partial charge is 0.237 e. The molecule has 0 aromatic rings. The van der Waals surface area contributed by atoms with Crippen LogP contribution in [0.3, 0.4) is 0 Å². The molecule has 15 heavy (non-hydrogen) atoms. The lowest BCUT2D eigenvalue weighted by atomic mass is 9.94. The topological polar surface area (TPSA) is 41.1 Å². The molecule has 0 radical (unpaired) electrons. The van der Waals surface area contributed by atoms with Gasteiger partial charge in [0.15, 0.2) is 0 Å². The molecule has 0 aliphatic carbocycles. The average molecular weight is 230 g/mol. The van der Waals surface area contributed by atoms with Gasteiger partial charge in [0.2, 0.25) is 5.91 Å². The van der Waals surface area contributed by atoms with Gasteiger partial charge >= 0.3 is 0 Å². The maximum absolute atomic E-state index is 11.7. The normalized spacial score (nSPS) is 26.3. The zero-order chi connectivity index (χ0) is 11.1. The molecule has 3 nitrogen and oxygen atoms in total. The van der Waals surface area contributed by atoms with E-state index in [9.17, 15) is 4.79 Å². The summed E-state index contributed by atoms with van der Waals surface area (Å²) >= 11 is 1.82. The minimum atomic E-state index is 0.0445. The summed E-state index contributed by atoms with van der Waals surface area (Å²) in [5.41, 5.74) is 0. The van der Waals surface area contributed by atoms with Crippen LogP contribution in [0.4, 0.5) is 0 Å². The molecule has 1 fully saturated rings. The van der Waals surface area contributed by atoms with Crippen molar-refractivity contribution in [2.24, 2.45) is 5.92 Å². The van der Waals surface area contributed by atoms with Crippen LogP contribution >= 0.6 is 11.8 Å². The number of carbonyl (C=O) groups excluding carboxylic acids is 1. The standard InChI is InChI=1S/C11H22N2OS/c1-9-4-6-12-10(8-9)11(14)13-5-3-7-15-2/h9-10,12H,3-8H2,1-2H3,(H,13,14). The first-order valence-corrected chi connectivity index (χ1v) is 7.13. The number of hydrogen-bond donors (Lipinski definition) is 2. The van der Waals surface area contributed by atoms with Crippen LogP contribution in [-0.4, -0.2) is 37.0 Å². The highest BCUT2D eigenvalue weighted by Crippen LogP contribution is 2.14. The van der Waals surface area contributed by atoms with Gasteiger partial charge in [0, 0.05) is 6.54 Å². The third-order valence-corrected chi connectivity index (χ3v) is 3.50. The maximum Gasteiger partial charge on any atom is 0.237 e. The van der Waals surface area contributed by atoms with Crippen LogP contribution in [0.1, 0.15) is 26.2 Å². The average Bonchev–Trinajstić information content (AvgIpc) is 2.24. The SMILES string of the molecule is CSCCCNC(=O)C1CC(C)CCN1. The van der Waals surface area contributed by atoms with E-state index in [1.54, 1.807) is 0 Å². The Kier molecular flexibility index (Phi) is 6.10. The van der Waals surface area contributed by atoms with Crippen molar-refractivity contribution in [2.75, 3.05) is 25.1 Å². The molecule has 0 aromatic carbocycles. The number of carbonyl (C=O) groups is 1. The molecule has 1 saturated heterocycles. The summed E-state index contributed by atoms with van der Waals surface area (Å²) in [4.78, 5) is 11.7. The van der Waals surface area contributed by atoms with Crippen LogP contribution in [0.2, 0.25) is 0 Å². The summed E-state index contributed by atoms with van der Waals surface area (Å²) in [6.07, 6.45) is 5.33. The zero-order valence-corrected chi connectivity index (χ0v) is 10.5. The molecule has 2 N–H and O–H groups in total. The van der Waals surface area contributed by atoms with Crippen molar-refractivity contribution in [1.29, 1.82) is 0 Å². The molecule has 4 heteroatoms. The summed E-state index contributed by atoms with van der Waals surface area (Å²) in [5, 5.41) is 6.27. The Balaban J connectivity index is 2.15. The quantitative estimate of drug-likeness (QED) is 0.698. The Morgan fingerprint density at radius 2 is 2.40 bits per heavy atom. The molecule has 1 heterocycles. The second-order valence-corrected chi connectivity index (χ2v) is 5.26. The van der Waals surface area contributed by atoms with Crippen molar-refractivity contribution in [1.82, 2.24) is 10.6 Å². The van der Waals surface area contributed by atoms with Crippen LogP contribution < -0.4 is 10.6 Å². The highest BCUT2D eigenvalue weighted by molar-refractivity contribution is 7.98. The first-order valence-electron chi connectivity index (χ1n) is 5.74. The van der Waals surface area contributed by atoms with E-state index in [4.69, 9.17) is 0 Å². The molecule has 2 unspecified atom stereocenters. The summed E-state index contributed by atoms with van der Waals surface area (Å²) in [6.45, 7) is 4.01. The van der Waals surface area contributed by atoms with E-state index in [-0.39, 0.29) is 11.9 Å². The molecular formula is C11H22N2OS. The van der Waals surface area contributed by atoms with Crippen LogP contribution in [0.15, 0.2) is 0 Å². The molecule has 1 rings (SSSR count). The molecule has 1 aliphatic heterocycles. The van der Waals surface area contributed by atoms with Crippen LogP contribution in [0.5, 0.6) is 0 Å². The second-order valence-electron chi connectivity index (χ2n) is 4.27. The minimum Gasteiger partial charge on any atom is -0.355 e. The Labute approximate surface area is 96.8 Å². The second kappa shape index (κ2) is 7.12. The number of thioether (sulfide) groups is 1. The highest BCUT2D eigenvalue weighted by Gasteiger charge is 2.23. The van der Waals surface area contributed by atoms with Gasteiger partial charge in [-0.15, -0.1) is 0 Å². The lowest BCUT2D eigenvalue weighted by molar-refractivity contribution is -0.124. The summed E-state index contributed by atoms with van der Waals surface area (Å²) in [7, 11) is 0. The zero-order valence-electron chi connectivity index (χ0n) is 9.71. The van der Waals surface area contributed by atoms with Crippen molar-refractivity contribution in [3.05, 3.63) is 0 Å². The van der Waals surface area contributed by atoms with Crippen molar-refractivity contribution in [3.63, 3.8) is 0 Å². The fourth-order valence-corrected chi connectivity index (χ4v) is 2.29. The van der Waals surface area contributed by atoms with Crippen LogP contribution in [0, 0.1) is 5.92 Å². The van der Waals surface area contributed by atoms with Crippen molar-refractivity contribution >= 4 is 17.7 Å². The molecule has 0 saturated carbocycles. The number of hydrogen-bond acceptors (Lipinski definition) is 3. The monoisotopic (exact) mass is 230 g/mol. The molecular weight excluding hydrogens is 208 g/mol. The number of piperidine rings is 1. The van der Waals surface area contributed by atoms with E-state index in [2.05, 4.69) is 23.8 Å². The molecule has 0 spiro atoms. The van der Waals surface area contributed by atoms with Gasteiger partial charge in [-0.05, 0) is 43.7 Å². The van der Waals surface area contributed by atoms with E-state index in [0.29, 0.717) is 5.92 Å². The highest BCUT2D eigenvalue weighted by atomic mass is 32.2. The number of nitrogens with one attached hydrogen (secondary N) is 2. The Morgan fingerprint density at radius 3 is 3.07 bits per heavy atom. The molecule has 2 atom stereocenters. The van der Waals surface area contributed by atoms with Gasteiger partial charge in [-0.1, -0.05) is 6.92 Å². The van der Waals surface area contributed by atoms with E-state index in [1.165, 1.54) is 6.42 Å². The minimum absolute atomic E-state index is 0.0445. The van der Waals surface area contributed by atoms with Crippen LogP contribution in [-0.2, 0) is 4.79 Å². The largest absolute Gasteiger partial charge is 0.355 e. The summed E-state index contributed by atoms with van der Waals surface area (Å²) in [5.74, 6) is 1.98. The molecule has 1 amide bonds. The lowest BCUT2D eigenvalue weighted by Crippen LogP contribution is -2.48. The van der Waals surface area contributed by atoms with E-state index >= 15 is 0 Å². The third kappa shape index (κ3) is 4.89. The fourth-order valence-electron chi connectivity index (χ4n) is 1.86. The van der Waals surface area contributed by atoms with Gasteiger partial charge in [-0.25, -0.2) is 0 Å². The van der Waals surface area contributed by atoms with Gasteiger partial charge < -0.3 is 10.6 Å². The van der Waals surface area contributed by atoms with Crippen molar-refractivity contribution < 1.29 is 4.79 Å². The third-order valence-electron chi connectivity index (χ3n) is 2.81. The summed E-state index contributed by atoms with van der Waals surface area (Å²) < 4.78 is 0. The van der Waals surface area contributed by atoms with Gasteiger partial charge in [-0.3, -0.25) is 4.79 Å². The van der Waals surface area contributed by atoms with Crippen molar-refractivity contribution in [2.45, 2.75) is 32.2 Å². The van der Waals surface area contributed by atoms with Gasteiger partial charge in [-0.2, -0.15) is 11.8 Å². The molecule has 1 aliphatic rings. The lowest BCUT2D eigenvalue weighted by Gasteiger charge is -2.27.